The number of ether oxygens (including phenoxy) is 1. The number of hydrogen-bond acceptors (Lipinski definition) is 2. The predicted octanol–water partition coefficient (Wildman–Crippen LogP) is 4.29. The second kappa shape index (κ2) is 7.54. The van der Waals surface area contributed by atoms with Crippen molar-refractivity contribution in [3.63, 3.8) is 0 Å². The highest BCUT2D eigenvalue weighted by Gasteiger charge is 2.12. The van der Waals surface area contributed by atoms with Gasteiger partial charge in [-0.1, -0.05) is 40.2 Å². The molecule has 0 aromatic heterocycles. The van der Waals surface area contributed by atoms with Gasteiger partial charge < -0.3 is 10.5 Å². The van der Waals surface area contributed by atoms with Gasteiger partial charge in [0.05, 0.1) is 12.6 Å². The van der Waals surface area contributed by atoms with Crippen LogP contribution in [0, 0.1) is 3.57 Å². The van der Waals surface area contributed by atoms with Crippen molar-refractivity contribution in [2.24, 2.45) is 5.73 Å². The number of methoxy groups -OCH3 is 1. The summed E-state index contributed by atoms with van der Waals surface area (Å²) in [5.41, 5.74) is 9.88. The first-order valence-electron chi connectivity index (χ1n) is 6.40. The molecule has 0 saturated carbocycles. The standard InChI is InChI=1S/C16H17BrINO/c1-20-9-8-11-2-4-12(5-3-11)16(19)14-10-13(18)6-7-15(14)17/h2-7,10,16H,8-9,19H2,1H3. The third kappa shape index (κ3) is 4.04. The van der Waals surface area contributed by atoms with E-state index in [1.807, 2.05) is 6.07 Å². The minimum Gasteiger partial charge on any atom is -0.384 e. The maximum Gasteiger partial charge on any atom is 0.0563 e. The summed E-state index contributed by atoms with van der Waals surface area (Å²) in [5.74, 6) is 0. The molecule has 0 fully saturated rings. The van der Waals surface area contributed by atoms with Crippen LogP contribution in [0.25, 0.3) is 0 Å². The van der Waals surface area contributed by atoms with Crippen molar-refractivity contribution in [3.05, 3.63) is 67.2 Å². The first-order chi connectivity index (χ1) is 9.61. The van der Waals surface area contributed by atoms with Gasteiger partial charge in [0.1, 0.15) is 0 Å². The summed E-state index contributed by atoms with van der Waals surface area (Å²) in [7, 11) is 1.72. The van der Waals surface area contributed by atoms with Crippen LogP contribution in [0.3, 0.4) is 0 Å². The Morgan fingerprint density at radius 3 is 2.55 bits per heavy atom. The molecule has 2 aromatic carbocycles. The number of halogens is 2. The van der Waals surface area contributed by atoms with Gasteiger partial charge in [-0.25, -0.2) is 0 Å². The molecule has 0 radical (unpaired) electrons. The maximum absolute atomic E-state index is 6.38. The Morgan fingerprint density at radius 2 is 1.90 bits per heavy atom. The summed E-state index contributed by atoms with van der Waals surface area (Å²) in [6.45, 7) is 0.744. The fraction of sp³-hybridized carbons (Fsp3) is 0.250. The summed E-state index contributed by atoms with van der Waals surface area (Å²) >= 11 is 5.88. The molecule has 106 valence electrons. The molecule has 2 rings (SSSR count). The van der Waals surface area contributed by atoms with Crippen molar-refractivity contribution in [1.82, 2.24) is 0 Å². The van der Waals surface area contributed by atoms with Gasteiger partial charge in [-0.15, -0.1) is 0 Å². The van der Waals surface area contributed by atoms with Crippen LogP contribution in [0.2, 0.25) is 0 Å². The highest BCUT2D eigenvalue weighted by Crippen LogP contribution is 2.28. The Labute approximate surface area is 142 Å². The van der Waals surface area contributed by atoms with Gasteiger partial charge in [-0.3, -0.25) is 0 Å². The molecule has 4 heteroatoms. The monoisotopic (exact) mass is 445 g/mol. The van der Waals surface area contributed by atoms with E-state index in [-0.39, 0.29) is 6.04 Å². The molecule has 1 unspecified atom stereocenters. The van der Waals surface area contributed by atoms with Gasteiger partial charge in [0.25, 0.3) is 0 Å². The zero-order valence-electron chi connectivity index (χ0n) is 11.3. The van der Waals surface area contributed by atoms with Crippen molar-refractivity contribution in [3.8, 4) is 0 Å². The minimum atomic E-state index is -0.115. The minimum absolute atomic E-state index is 0.115. The lowest BCUT2D eigenvalue weighted by Gasteiger charge is -2.15. The van der Waals surface area contributed by atoms with Gasteiger partial charge >= 0.3 is 0 Å². The molecule has 0 spiro atoms. The lowest BCUT2D eigenvalue weighted by molar-refractivity contribution is 0.202. The van der Waals surface area contributed by atoms with Crippen molar-refractivity contribution in [2.45, 2.75) is 12.5 Å². The second-order valence-electron chi connectivity index (χ2n) is 4.63. The number of benzene rings is 2. The molecule has 1 atom stereocenters. The van der Waals surface area contributed by atoms with Gasteiger partial charge in [-0.2, -0.15) is 0 Å². The van der Waals surface area contributed by atoms with Crippen LogP contribution in [0.1, 0.15) is 22.7 Å². The van der Waals surface area contributed by atoms with E-state index in [0.717, 1.165) is 28.6 Å². The first-order valence-corrected chi connectivity index (χ1v) is 8.27. The van der Waals surface area contributed by atoms with Gasteiger partial charge in [0, 0.05) is 15.2 Å². The normalized spacial score (nSPS) is 12.4. The van der Waals surface area contributed by atoms with Crippen LogP contribution in [0.4, 0.5) is 0 Å². The smallest absolute Gasteiger partial charge is 0.0563 e. The van der Waals surface area contributed by atoms with Crippen LogP contribution in [0.5, 0.6) is 0 Å². The summed E-state index contributed by atoms with van der Waals surface area (Å²) in [6, 6.07) is 14.6. The van der Waals surface area contributed by atoms with E-state index in [2.05, 4.69) is 74.9 Å². The molecule has 2 N–H and O–H groups in total. The van der Waals surface area contributed by atoms with Gasteiger partial charge in [-0.05, 0) is 63.9 Å². The average Bonchev–Trinajstić information content (AvgIpc) is 2.47. The highest BCUT2D eigenvalue weighted by molar-refractivity contribution is 14.1. The highest BCUT2D eigenvalue weighted by atomic mass is 127. The molecule has 2 nitrogen and oxygen atoms in total. The molecule has 0 saturated heterocycles. The molecule has 0 heterocycles. The molecule has 20 heavy (non-hydrogen) atoms. The van der Waals surface area contributed by atoms with E-state index in [1.54, 1.807) is 7.11 Å². The van der Waals surface area contributed by atoms with Crippen LogP contribution >= 0.6 is 38.5 Å². The topological polar surface area (TPSA) is 35.2 Å². The third-order valence-electron chi connectivity index (χ3n) is 3.23. The molecule has 0 aliphatic rings. The largest absolute Gasteiger partial charge is 0.384 e. The summed E-state index contributed by atoms with van der Waals surface area (Å²) in [6.07, 6.45) is 0.930. The van der Waals surface area contributed by atoms with Crippen molar-refractivity contribution >= 4 is 38.5 Å². The van der Waals surface area contributed by atoms with Gasteiger partial charge in [0.2, 0.25) is 0 Å². The maximum atomic E-state index is 6.38. The molecule has 2 aromatic rings. The summed E-state index contributed by atoms with van der Waals surface area (Å²) in [4.78, 5) is 0. The fourth-order valence-electron chi connectivity index (χ4n) is 2.04. The van der Waals surface area contributed by atoms with Crippen LogP contribution < -0.4 is 5.73 Å². The molecule has 0 bridgehead atoms. The lowest BCUT2D eigenvalue weighted by atomic mass is 9.98. The van der Waals surface area contributed by atoms with E-state index in [9.17, 15) is 0 Å². The summed E-state index contributed by atoms with van der Waals surface area (Å²) in [5, 5.41) is 0. The Bertz CT molecular complexity index is 571. The number of hydrogen-bond donors (Lipinski definition) is 1. The van der Waals surface area contributed by atoms with E-state index in [4.69, 9.17) is 10.5 Å². The van der Waals surface area contributed by atoms with Gasteiger partial charge in [0.15, 0.2) is 0 Å². The molecule has 0 amide bonds. The molecular weight excluding hydrogens is 429 g/mol. The van der Waals surface area contributed by atoms with Crippen LogP contribution in [-0.2, 0) is 11.2 Å². The van der Waals surface area contributed by atoms with Crippen LogP contribution in [0.15, 0.2) is 46.9 Å². The van der Waals surface area contributed by atoms with Crippen molar-refractivity contribution in [2.75, 3.05) is 13.7 Å². The molecule has 0 aliphatic heterocycles. The molecule has 0 aliphatic carbocycles. The average molecular weight is 446 g/mol. The third-order valence-corrected chi connectivity index (χ3v) is 4.62. The lowest BCUT2D eigenvalue weighted by Crippen LogP contribution is -2.12. The van der Waals surface area contributed by atoms with E-state index < -0.39 is 0 Å². The number of nitrogens with two attached hydrogens (primary N) is 1. The van der Waals surface area contributed by atoms with E-state index in [0.29, 0.717) is 0 Å². The zero-order valence-corrected chi connectivity index (χ0v) is 15.0. The van der Waals surface area contributed by atoms with Crippen molar-refractivity contribution < 1.29 is 4.74 Å². The van der Waals surface area contributed by atoms with E-state index >= 15 is 0 Å². The Balaban J connectivity index is 2.20. The Hall–Kier alpha value is -0.430. The summed E-state index contributed by atoms with van der Waals surface area (Å²) < 4.78 is 7.33. The SMILES string of the molecule is COCCc1ccc(C(N)c2cc(I)ccc2Br)cc1. The fourth-order valence-corrected chi connectivity index (χ4v) is 3.05. The zero-order chi connectivity index (χ0) is 14.5. The quantitative estimate of drug-likeness (QED) is 0.696. The van der Waals surface area contributed by atoms with E-state index in [1.165, 1.54) is 9.13 Å². The number of rotatable bonds is 5. The molecular formula is C16H17BrINO. The first kappa shape index (κ1) is 15.9. The second-order valence-corrected chi connectivity index (χ2v) is 6.73. The van der Waals surface area contributed by atoms with Crippen LogP contribution in [-0.4, -0.2) is 13.7 Å². The Kier molecular flexibility index (Phi) is 6.01. The van der Waals surface area contributed by atoms with Crippen molar-refractivity contribution in [1.29, 1.82) is 0 Å². The predicted molar refractivity (Wildman–Crippen MR) is 94.9 cm³/mol. The Morgan fingerprint density at radius 1 is 1.20 bits per heavy atom.